The van der Waals surface area contributed by atoms with Gasteiger partial charge in [-0.25, -0.2) is 14.4 Å². The second kappa shape index (κ2) is 4.70. The van der Waals surface area contributed by atoms with E-state index in [0.717, 1.165) is 12.3 Å². The fraction of sp³-hybridized carbons (Fsp3) is 0.556. The van der Waals surface area contributed by atoms with Crippen LogP contribution in [0.4, 0.5) is 4.39 Å². The summed E-state index contributed by atoms with van der Waals surface area (Å²) >= 11 is 1.57. The molecule has 2 rings (SSSR count). The van der Waals surface area contributed by atoms with Gasteiger partial charge in [0.05, 0.1) is 12.4 Å². The predicted octanol–water partition coefficient (Wildman–Crippen LogP) is 1.46. The second-order valence-corrected chi connectivity index (χ2v) is 4.28. The molecule has 1 unspecified atom stereocenters. The highest BCUT2D eigenvalue weighted by Crippen LogP contribution is 2.17. The van der Waals surface area contributed by atoms with Gasteiger partial charge in [-0.3, -0.25) is 0 Å². The zero-order chi connectivity index (χ0) is 9.80. The van der Waals surface area contributed by atoms with Crippen molar-refractivity contribution in [2.24, 2.45) is 0 Å². The Morgan fingerprint density at radius 2 is 2.29 bits per heavy atom. The monoisotopic (exact) mass is 213 g/mol. The van der Waals surface area contributed by atoms with E-state index in [0.29, 0.717) is 11.2 Å². The van der Waals surface area contributed by atoms with Gasteiger partial charge in [0.1, 0.15) is 0 Å². The first-order valence-corrected chi connectivity index (χ1v) is 5.67. The van der Waals surface area contributed by atoms with Crippen LogP contribution in [-0.4, -0.2) is 28.3 Å². The van der Waals surface area contributed by atoms with E-state index in [4.69, 9.17) is 0 Å². The minimum atomic E-state index is -0.381. The molecule has 1 aromatic heterocycles. The molecule has 2 heterocycles. The summed E-state index contributed by atoms with van der Waals surface area (Å²) in [6.07, 6.45) is 4.87. The van der Waals surface area contributed by atoms with Crippen LogP contribution in [0, 0.1) is 5.82 Å². The molecule has 1 N–H and O–H groups in total. The average molecular weight is 213 g/mol. The van der Waals surface area contributed by atoms with Crippen molar-refractivity contribution >= 4 is 11.8 Å². The van der Waals surface area contributed by atoms with Crippen LogP contribution in [0.25, 0.3) is 0 Å². The first-order valence-electron chi connectivity index (χ1n) is 4.68. The number of nitrogens with one attached hydrogen (secondary N) is 1. The predicted molar refractivity (Wildman–Crippen MR) is 53.7 cm³/mol. The molecule has 1 fully saturated rings. The summed E-state index contributed by atoms with van der Waals surface area (Å²) in [7, 11) is 0. The molecular weight excluding hydrogens is 201 g/mol. The maximum Gasteiger partial charge on any atom is 0.187 e. The van der Waals surface area contributed by atoms with Crippen molar-refractivity contribution in [1.82, 2.24) is 15.3 Å². The minimum absolute atomic E-state index is 0.381. The lowest BCUT2D eigenvalue weighted by molar-refractivity contribution is 0.605. The van der Waals surface area contributed by atoms with Gasteiger partial charge in [-0.05, 0) is 19.4 Å². The van der Waals surface area contributed by atoms with Gasteiger partial charge in [-0.15, -0.1) is 0 Å². The first-order chi connectivity index (χ1) is 6.84. The molecule has 0 bridgehead atoms. The van der Waals surface area contributed by atoms with Crippen LogP contribution in [0.1, 0.15) is 12.8 Å². The van der Waals surface area contributed by atoms with Crippen LogP contribution in [-0.2, 0) is 0 Å². The van der Waals surface area contributed by atoms with Gasteiger partial charge >= 0.3 is 0 Å². The van der Waals surface area contributed by atoms with Gasteiger partial charge in [0.25, 0.3) is 0 Å². The second-order valence-electron chi connectivity index (χ2n) is 3.29. The number of halogens is 1. The Labute approximate surface area is 86.5 Å². The summed E-state index contributed by atoms with van der Waals surface area (Å²) in [6, 6.07) is 0.564. The van der Waals surface area contributed by atoms with Crippen molar-refractivity contribution in [3.63, 3.8) is 0 Å². The number of hydrogen-bond acceptors (Lipinski definition) is 4. The first kappa shape index (κ1) is 9.86. The molecule has 3 nitrogen and oxygen atoms in total. The Morgan fingerprint density at radius 3 is 2.93 bits per heavy atom. The topological polar surface area (TPSA) is 37.8 Å². The Balaban J connectivity index is 1.82. The van der Waals surface area contributed by atoms with E-state index < -0.39 is 0 Å². The van der Waals surface area contributed by atoms with Gasteiger partial charge in [0.2, 0.25) is 0 Å². The molecule has 1 aliphatic rings. The molecule has 0 saturated carbocycles. The fourth-order valence-corrected chi connectivity index (χ4v) is 2.34. The molecule has 0 radical (unpaired) electrons. The van der Waals surface area contributed by atoms with Crippen LogP contribution in [0.15, 0.2) is 17.6 Å². The summed E-state index contributed by atoms with van der Waals surface area (Å²) in [5.74, 6) is 0.583. The summed E-state index contributed by atoms with van der Waals surface area (Å²) in [5.41, 5.74) is 0. The van der Waals surface area contributed by atoms with Gasteiger partial charge in [-0.2, -0.15) is 0 Å². The molecule has 1 aliphatic heterocycles. The van der Waals surface area contributed by atoms with Gasteiger partial charge < -0.3 is 5.32 Å². The SMILES string of the molecule is Fc1cnc(SCC2CCCN2)nc1. The van der Waals surface area contributed by atoms with E-state index in [2.05, 4.69) is 15.3 Å². The lowest BCUT2D eigenvalue weighted by atomic mass is 10.3. The Hall–Kier alpha value is -0.680. The van der Waals surface area contributed by atoms with E-state index in [1.54, 1.807) is 11.8 Å². The van der Waals surface area contributed by atoms with E-state index >= 15 is 0 Å². The zero-order valence-electron chi connectivity index (χ0n) is 7.74. The van der Waals surface area contributed by atoms with Crippen molar-refractivity contribution in [3.8, 4) is 0 Å². The lowest BCUT2D eigenvalue weighted by Gasteiger charge is -2.07. The third kappa shape index (κ3) is 2.65. The molecule has 76 valence electrons. The number of aromatic nitrogens is 2. The molecule has 0 aromatic carbocycles. The van der Waals surface area contributed by atoms with E-state index in [-0.39, 0.29) is 5.82 Å². The molecule has 1 atom stereocenters. The molecule has 1 aromatic rings. The quantitative estimate of drug-likeness (QED) is 0.609. The Bertz CT molecular complexity index is 285. The number of thioether (sulfide) groups is 1. The average Bonchev–Trinajstić information content (AvgIpc) is 2.70. The van der Waals surface area contributed by atoms with Gasteiger partial charge in [0.15, 0.2) is 11.0 Å². The van der Waals surface area contributed by atoms with Crippen LogP contribution < -0.4 is 5.32 Å². The van der Waals surface area contributed by atoms with Gasteiger partial charge in [0, 0.05) is 11.8 Å². The Morgan fingerprint density at radius 1 is 1.50 bits per heavy atom. The van der Waals surface area contributed by atoms with Crippen LogP contribution in [0.5, 0.6) is 0 Å². The van der Waals surface area contributed by atoms with E-state index in [9.17, 15) is 4.39 Å². The molecule has 0 spiro atoms. The van der Waals surface area contributed by atoms with Crippen molar-refractivity contribution in [2.45, 2.75) is 24.0 Å². The highest BCUT2D eigenvalue weighted by molar-refractivity contribution is 7.99. The fourth-order valence-electron chi connectivity index (χ4n) is 1.45. The third-order valence-electron chi connectivity index (χ3n) is 2.17. The largest absolute Gasteiger partial charge is 0.313 e. The van der Waals surface area contributed by atoms with Crippen molar-refractivity contribution in [2.75, 3.05) is 12.3 Å². The van der Waals surface area contributed by atoms with E-state index in [1.807, 2.05) is 0 Å². The normalized spacial score (nSPS) is 21.4. The summed E-state index contributed by atoms with van der Waals surface area (Å²) in [6.45, 7) is 1.11. The number of hydrogen-bond donors (Lipinski definition) is 1. The molecule has 0 amide bonds. The lowest BCUT2D eigenvalue weighted by Crippen LogP contribution is -2.23. The number of nitrogens with zero attached hydrogens (tertiary/aromatic N) is 2. The van der Waals surface area contributed by atoms with Crippen LogP contribution >= 0.6 is 11.8 Å². The van der Waals surface area contributed by atoms with Crippen molar-refractivity contribution < 1.29 is 4.39 Å². The maximum atomic E-state index is 12.5. The zero-order valence-corrected chi connectivity index (χ0v) is 8.56. The van der Waals surface area contributed by atoms with Crippen LogP contribution in [0.2, 0.25) is 0 Å². The van der Waals surface area contributed by atoms with Gasteiger partial charge in [-0.1, -0.05) is 11.8 Å². The van der Waals surface area contributed by atoms with E-state index in [1.165, 1.54) is 25.2 Å². The van der Waals surface area contributed by atoms with Crippen molar-refractivity contribution in [3.05, 3.63) is 18.2 Å². The molecule has 14 heavy (non-hydrogen) atoms. The summed E-state index contributed by atoms with van der Waals surface area (Å²) in [5, 5.41) is 4.04. The standard InChI is InChI=1S/C9H12FN3S/c10-7-4-12-9(13-5-7)14-6-8-2-1-3-11-8/h4-5,8,11H,1-3,6H2. The van der Waals surface area contributed by atoms with Crippen LogP contribution in [0.3, 0.4) is 0 Å². The molecule has 1 saturated heterocycles. The highest BCUT2D eigenvalue weighted by Gasteiger charge is 2.14. The third-order valence-corrected chi connectivity index (χ3v) is 3.21. The summed E-state index contributed by atoms with van der Waals surface area (Å²) in [4.78, 5) is 7.78. The molecule has 0 aliphatic carbocycles. The maximum absolute atomic E-state index is 12.5. The molecular formula is C9H12FN3S. The smallest absolute Gasteiger partial charge is 0.187 e. The van der Waals surface area contributed by atoms with Crippen molar-refractivity contribution in [1.29, 1.82) is 0 Å². The summed E-state index contributed by atoms with van der Waals surface area (Å²) < 4.78 is 12.5. The number of rotatable bonds is 3. The molecule has 5 heteroatoms. The Kier molecular flexibility index (Phi) is 3.31. The highest BCUT2D eigenvalue weighted by atomic mass is 32.2. The minimum Gasteiger partial charge on any atom is -0.313 e.